The van der Waals surface area contributed by atoms with E-state index in [1.54, 1.807) is 0 Å². The lowest BCUT2D eigenvalue weighted by atomic mass is 9.82. The first kappa shape index (κ1) is 23.2. The first-order valence-corrected chi connectivity index (χ1v) is 11.9. The van der Waals surface area contributed by atoms with E-state index in [1.807, 2.05) is 0 Å². The lowest BCUT2D eigenvalue weighted by molar-refractivity contribution is -0.159. The van der Waals surface area contributed by atoms with Crippen LogP contribution >= 0.6 is 0 Å². The molecule has 0 unspecified atom stereocenters. The maximum atomic E-state index is 12.4. The van der Waals surface area contributed by atoms with Gasteiger partial charge in [-0.1, -0.05) is 52.4 Å². The third-order valence-electron chi connectivity index (χ3n) is 6.40. The molecule has 0 N–H and O–H groups in total. The van der Waals surface area contributed by atoms with E-state index in [0.717, 1.165) is 57.3 Å². The van der Waals surface area contributed by atoms with Crippen LogP contribution in [0.1, 0.15) is 110 Å². The molecule has 0 saturated heterocycles. The minimum absolute atomic E-state index is 0.0168. The monoisotopic (exact) mass is 394 g/mol. The topological polar surface area (TPSA) is 52.6 Å². The fraction of sp³-hybridized carbons (Fsp3) is 0.917. The predicted octanol–water partition coefficient (Wildman–Crippen LogP) is 6.21. The Morgan fingerprint density at radius 1 is 0.750 bits per heavy atom. The lowest BCUT2D eigenvalue weighted by Crippen LogP contribution is -2.31. The summed E-state index contributed by atoms with van der Waals surface area (Å²) < 4.78 is 11.2. The molecule has 0 atom stereocenters. The number of rotatable bonds is 11. The van der Waals surface area contributed by atoms with Crippen molar-refractivity contribution in [2.45, 2.75) is 116 Å². The Morgan fingerprint density at radius 2 is 1.32 bits per heavy atom. The summed E-state index contributed by atoms with van der Waals surface area (Å²) in [6.45, 7) is 5.09. The molecule has 2 fully saturated rings. The number of carbonyl (C=O) groups excluding carboxylic acids is 2. The van der Waals surface area contributed by atoms with Gasteiger partial charge in [-0.2, -0.15) is 0 Å². The van der Waals surface area contributed by atoms with Crippen molar-refractivity contribution in [2.24, 2.45) is 17.8 Å². The lowest BCUT2D eigenvalue weighted by Gasteiger charge is -2.28. The Kier molecular flexibility index (Phi) is 11.0. The van der Waals surface area contributed by atoms with E-state index in [4.69, 9.17) is 9.47 Å². The van der Waals surface area contributed by atoms with Gasteiger partial charge in [0, 0.05) is 0 Å². The number of unbranched alkanes of at least 4 members (excludes halogenated alkanes) is 4. The second kappa shape index (κ2) is 13.2. The molecule has 0 bridgehead atoms. The van der Waals surface area contributed by atoms with Crippen LogP contribution in [0.5, 0.6) is 0 Å². The summed E-state index contributed by atoms with van der Waals surface area (Å²) in [5.74, 6) is 0.668. The zero-order chi connectivity index (χ0) is 20.2. The van der Waals surface area contributed by atoms with Crippen molar-refractivity contribution in [1.82, 2.24) is 0 Å². The SMILES string of the molecule is CC(C)CCCCCCCOC(=O)C1CCC(C(=O)OC2CCCCC2)CC1. The molecule has 4 heteroatoms. The van der Waals surface area contributed by atoms with Gasteiger partial charge in [-0.05, 0) is 63.7 Å². The van der Waals surface area contributed by atoms with E-state index in [2.05, 4.69) is 13.8 Å². The number of ether oxygens (including phenoxy) is 2. The van der Waals surface area contributed by atoms with E-state index < -0.39 is 0 Å². The van der Waals surface area contributed by atoms with E-state index in [9.17, 15) is 9.59 Å². The highest BCUT2D eigenvalue weighted by Gasteiger charge is 2.32. The first-order chi connectivity index (χ1) is 13.6. The summed E-state index contributed by atoms with van der Waals surface area (Å²) in [7, 11) is 0. The average molecular weight is 395 g/mol. The van der Waals surface area contributed by atoms with E-state index in [0.29, 0.717) is 6.61 Å². The Hall–Kier alpha value is -1.06. The Labute approximate surface area is 172 Å². The van der Waals surface area contributed by atoms with Crippen LogP contribution in [0.4, 0.5) is 0 Å². The third-order valence-corrected chi connectivity index (χ3v) is 6.40. The number of esters is 2. The molecule has 2 rings (SSSR count). The van der Waals surface area contributed by atoms with Gasteiger partial charge in [-0.3, -0.25) is 9.59 Å². The Morgan fingerprint density at radius 3 is 1.96 bits per heavy atom. The third kappa shape index (κ3) is 8.96. The smallest absolute Gasteiger partial charge is 0.309 e. The highest BCUT2D eigenvalue weighted by molar-refractivity contribution is 5.75. The molecule has 2 saturated carbocycles. The Balaban J connectivity index is 1.51. The summed E-state index contributed by atoms with van der Waals surface area (Å²) in [5.41, 5.74) is 0. The molecule has 4 nitrogen and oxygen atoms in total. The van der Waals surface area contributed by atoms with Gasteiger partial charge in [-0.25, -0.2) is 0 Å². The van der Waals surface area contributed by atoms with Crippen LogP contribution < -0.4 is 0 Å². The molecule has 2 aliphatic carbocycles. The maximum absolute atomic E-state index is 12.4. The van der Waals surface area contributed by atoms with Crippen molar-refractivity contribution in [3.05, 3.63) is 0 Å². The van der Waals surface area contributed by atoms with Crippen LogP contribution in [0.3, 0.4) is 0 Å². The summed E-state index contributed by atoms with van der Waals surface area (Å²) in [4.78, 5) is 24.6. The molecule has 0 heterocycles. The molecule has 2 aliphatic rings. The van der Waals surface area contributed by atoms with Gasteiger partial charge in [0.2, 0.25) is 0 Å². The van der Waals surface area contributed by atoms with Gasteiger partial charge in [0.05, 0.1) is 18.4 Å². The number of carbonyl (C=O) groups is 2. The molecule has 162 valence electrons. The molecule has 0 amide bonds. The summed E-state index contributed by atoms with van der Waals surface area (Å²) in [6.07, 6.45) is 16.1. The van der Waals surface area contributed by atoms with Crippen molar-refractivity contribution in [3.8, 4) is 0 Å². The zero-order valence-electron chi connectivity index (χ0n) is 18.3. The van der Waals surface area contributed by atoms with Gasteiger partial charge >= 0.3 is 11.9 Å². The standard InChI is InChI=1S/C24H42O4/c1-19(2)11-7-4-3-5-10-18-27-23(25)20-14-16-21(17-15-20)24(26)28-22-12-8-6-9-13-22/h19-22H,3-18H2,1-2H3. The van der Waals surface area contributed by atoms with E-state index in [1.165, 1.54) is 44.9 Å². The minimum Gasteiger partial charge on any atom is -0.465 e. The second-order valence-corrected chi connectivity index (χ2v) is 9.36. The molecular weight excluding hydrogens is 352 g/mol. The van der Waals surface area contributed by atoms with Gasteiger partial charge in [-0.15, -0.1) is 0 Å². The van der Waals surface area contributed by atoms with Crippen molar-refractivity contribution in [1.29, 1.82) is 0 Å². The summed E-state index contributed by atoms with van der Waals surface area (Å²) in [6, 6.07) is 0. The summed E-state index contributed by atoms with van der Waals surface area (Å²) >= 11 is 0. The quantitative estimate of drug-likeness (QED) is 0.309. The number of hydrogen-bond acceptors (Lipinski definition) is 4. The maximum Gasteiger partial charge on any atom is 0.309 e. The minimum atomic E-state index is -0.0566. The van der Waals surface area contributed by atoms with Crippen molar-refractivity contribution < 1.29 is 19.1 Å². The molecule has 0 aromatic carbocycles. The van der Waals surface area contributed by atoms with Gasteiger partial charge in [0.15, 0.2) is 0 Å². The van der Waals surface area contributed by atoms with Crippen LogP contribution in [0.2, 0.25) is 0 Å². The summed E-state index contributed by atoms with van der Waals surface area (Å²) in [5, 5.41) is 0. The highest BCUT2D eigenvalue weighted by atomic mass is 16.5. The molecule has 28 heavy (non-hydrogen) atoms. The molecule has 0 aromatic rings. The average Bonchev–Trinajstić information content (AvgIpc) is 2.70. The Bertz CT molecular complexity index is 446. The van der Waals surface area contributed by atoms with Crippen LogP contribution in [-0.2, 0) is 19.1 Å². The predicted molar refractivity (Wildman–Crippen MR) is 112 cm³/mol. The fourth-order valence-electron chi connectivity index (χ4n) is 4.48. The van der Waals surface area contributed by atoms with E-state index >= 15 is 0 Å². The zero-order valence-corrected chi connectivity index (χ0v) is 18.3. The van der Waals surface area contributed by atoms with Crippen molar-refractivity contribution in [2.75, 3.05) is 6.61 Å². The van der Waals surface area contributed by atoms with Crippen molar-refractivity contribution in [3.63, 3.8) is 0 Å². The van der Waals surface area contributed by atoms with Crippen LogP contribution in [0.25, 0.3) is 0 Å². The van der Waals surface area contributed by atoms with Crippen LogP contribution in [0.15, 0.2) is 0 Å². The largest absolute Gasteiger partial charge is 0.465 e. The first-order valence-electron chi connectivity index (χ1n) is 11.9. The van der Waals surface area contributed by atoms with E-state index in [-0.39, 0.29) is 29.9 Å². The second-order valence-electron chi connectivity index (χ2n) is 9.36. The highest BCUT2D eigenvalue weighted by Crippen LogP contribution is 2.31. The fourth-order valence-corrected chi connectivity index (χ4v) is 4.48. The van der Waals surface area contributed by atoms with Gasteiger partial charge < -0.3 is 9.47 Å². The van der Waals surface area contributed by atoms with Crippen molar-refractivity contribution >= 4 is 11.9 Å². The normalized spacial score (nSPS) is 23.5. The van der Waals surface area contributed by atoms with Crippen LogP contribution in [0, 0.1) is 17.8 Å². The van der Waals surface area contributed by atoms with Gasteiger partial charge in [0.1, 0.15) is 6.10 Å². The molecule has 0 spiro atoms. The van der Waals surface area contributed by atoms with Gasteiger partial charge in [0.25, 0.3) is 0 Å². The molecule has 0 aliphatic heterocycles. The molecular formula is C24H42O4. The number of hydrogen-bond donors (Lipinski definition) is 0. The van der Waals surface area contributed by atoms with Crippen LogP contribution in [-0.4, -0.2) is 24.6 Å². The molecule has 0 radical (unpaired) electrons. The molecule has 0 aromatic heterocycles.